The van der Waals surface area contributed by atoms with Gasteiger partial charge < -0.3 is 5.32 Å². The summed E-state index contributed by atoms with van der Waals surface area (Å²) in [6.07, 6.45) is 5.09. The van der Waals surface area contributed by atoms with E-state index in [1.165, 1.54) is 5.56 Å². The molecular formula is C16H22ClN3S. The van der Waals surface area contributed by atoms with Crippen molar-refractivity contribution in [2.75, 3.05) is 12.3 Å². The maximum Gasteiger partial charge on any atom is 0.0541 e. The minimum absolute atomic E-state index is 0.422. The third-order valence-corrected chi connectivity index (χ3v) is 4.94. The maximum absolute atomic E-state index is 6.21. The van der Waals surface area contributed by atoms with Crippen LogP contribution in [0.15, 0.2) is 41.6 Å². The summed E-state index contributed by atoms with van der Waals surface area (Å²) in [6, 6.07) is 8.43. The molecule has 0 saturated carbocycles. The first kappa shape index (κ1) is 16.4. The molecule has 0 bridgehead atoms. The van der Waals surface area contributed by atoms with Crippen molar-refractivity contribution < 1.29 is 0 Å². The first-order valence-electron chi connectivity index (χ1n) is 7.35. The van der Waals surface area contributed by atoms with Crippen LogP contribution in [0.2, 0.25) is 5.02 Å². The van der Waals surface area contributed by atoms with Gasteiger partial charge in [-0.05, 0) is 37.6 Å². The van der Waals surface area contributed by atoms with Crippen molar-refractivity contribution in [2.45, 2.75) is 37.8 Å². The monoisotopic (exact) mass is 323 g/mol. The second kappa shape index (κ2) is 8.47. The molecule has 0 fully saturated rings. The fourth-order valence-electron chi connectivity index (χ4n) is 2.20. The lowest BCUT2D eigenvalue weighted by Gasteiger charge is -2.17. The highest BCUT2D eigenvalue weighted by Gasteiger charge is 2.11. The molecule has 114 valence electrons. The van der Waals surface area contributed by atoms with E-state index in [1.807, 2.05) is 29.1 Å². The minimum atomic E-state index is 0.422. The molecule has 1 aromatic carbocycles. The van der Waals surface area contributed by atoms with Gasteiger partial charge in [0.1, 0.15) is 0 Å². The van der Waals surface area contributed by atoms with Crippen LogP contribution in [0.25, 0.3) is 0 Å². The van der Waals surface area contributed by atoms with Gasteiger partial charge in [-0.25, -0.2) is 0 Å². The predicted octanol–water partition coefficient (Wildman–Crippen LogP) is 3.87. The van der Waals surface area contributed by atoms with E-state index >= 15 is 0 Å². The molecule has 1 N–H and O–H groups in total. The molecule has 2 rings (SSSR count). The molecule has 3 nitrogen and oxygen atoms in total. The van der Waals surface area contributed by atoms with Crippen LogP contribution in [0.5, 0.6) is 0 Å². The van der Waals surface area contributed by atoms with Gasteiger partial charge in [0, 0.05) is 29.4 Å². The molecule has 1 atom stereocenters. The van der Waals surface area contributed by atoms with Crippen molar-refractivity contribution in [3.8, 4) is 0 Å². The Hall–Kier alpha value is -0.970. The second-order valence-corrected chi connectivity index (χ2v) is 6.37. The highest BCUT2D eigenvalue weighted by Crippen LogP contribution is 2.27. The van der Waals surface area contributed by atoms with E-state index < -0.39 is 0 Å². The first-order chi connectivity index (χ1) is 10.2. The first-order valence-corrected chi connectivity index (χ1v) is 8.71. The number of benzene rings is 1. The van der Waals surface area contributed by atoms with E-state index in [0.29, 0.717) is 6.04 Å². The van der Waals surface area contributed by atoms with Crippen LogP contribution in [-0.2, 0) is 13.0 Å². The number of hydrogen-bond donors (Lipinski definition) is 1. The molecule has 1 unspecified atom stereocenters. The van der Waals surface area contributed by atoms with Crippen molar-refractivity contribution in [3.05, 3.63) is 47.2 Å². The molecule has 0 saturated heterocycles. The molecule has 21 heavy (non-hydrogen) atoms. The van der Waals surface area contributed by atoms with Crippen LogP contribution >= 0.6 is 23.4 Å². The maximum atomic E-state index is 6.21. The third-order valence-electron chi connectivity index (χ3n) is 3.26. The van der Waals surface area contributed by atoms with Crippen molar-refractivity contribution in [3.63, 3.8) is 0 Å². The molecule has 1 heterocycles. The lowest BCUT2D eigenvalue weighted by atomic mass is 10.1. The average Bonchev–Trinajstić information content (AvgIpc) is 2.94. The molecular weight excluding hydrogens is 302 g/mol. The topological polar surface area (TPSA) is 29.9 Å². The molecule has 0 aliphatic carbocycles. The minimum Gasteiger partial charge on any atom is -0.313 e. The van der Waals surface area contributed by atoms with Gasteiger partial charge in [-0.15, -0.1) is 11.8 Å². The van der Waals surface area contributed by atoms with Crippen LogP contribution in [0, 0.1) is 0 Å². The number of halogens is 1. The molecule has 0 aliphatic rings. The van der Waals surface area contributed by atoms with Crippen molar-refractivity contribution in [2.24, 2.45) is 0 Å². The molecule has 0 spiro atoms. The van der Waals surface area contributed by atoms with Crippen LogP contribution in [-0.4, -0.2) is 28.1 Å². The lowest BCUT2D eigenvalue weighted by Crippen LogP contribution is -2.33. The third kappa shape index (κ3) is 5.06. The molecule has 0 radical (unpaired) electrons. The number of aromatic nitrogens is 2. The van der Waals surface area contributed by atoms with Crippen LogP contribution < -0.4 is 5.32 Å². The second-order valence-electron chi connectivity index (χ2n) is 4.90. The largest absolute Gasteiger partial charge is 0.313 e. The van der Waals surface area contributed by atoms with Gasteiger partial charge in [0.25, 0.3) is 0 Å². The van der Waals surface area contributed by atoms with Gasteiger partial charge in [0.15, 0.2) is 0 Å². The summed E-state index contributed by atoms with van der Waals surface area (Å²) >= 11 is 8.02. The number of likely N-dealkylation sites (N-methyl/N-ethyl adjacent to an activating group) is 1. The average molecular weight is 324 g/mol. The quantitative estimate of drug-likeness (QED) is 0.748. The summed E-state index contributed by atoms with van der Waals surface area (Å²) in [6.45, 7) is 6.13. The van der Waals surface area contributed by atoms with Crippen molar-refractivity contribution in [1.82, 2.24) is 15.1 Å². The Balaban J connectivity index is 1.94. The van der Waals surface area contributed by atoms with E-state index in [0.717, 1.165) is 35.2 Å². The van der Waals surface area contributed by atoms with Gasteiger partial charge in [-0.2, -0.15) is 5.10 Å². The Morgan fingerprint density at radius 3 is 2.81 bits per heavy atom. The Kier molecular flexibility index (Phi) is 6.61. The summed E-state index contributed by atoms with van der Waals surface area (Å²) in [5.74, 6) is 0.995. The van der Waals surface area contributed by atoms with Crippen LogP contribution in [0.1, 0.15) is 19.4 Å². The van der Waals surface area contributed by atoms with Gasteiger partial charge in [0.2, 0.25) is 0 Å². The Morgan fingerprint density at radius 2 is 2.14 bits per heavy atom. The number of nitrogens with zero attached hydrogens (tertiary/aromatic N) is 2. The normalized spacial score (nSPS) is 12.5. The molecule has 0 amide bonds. The summed E-state index contributed by atoms with van der Waals surface area (Å²) in [5.41, 5.74) is 1.28. The van der Waals surface area contributed by atoms with E-state index in [-0.39, 0.29) is 0 Å². The lowest BCUT2D eigenvalue weighted by molar-refractivity contribution is 0.572. The fraction of sp³-hybridized carbons (Fsp3) is 0.438. The van der Waals surface area contributed by atoms with Crippen LogP contribution in [0.4, 0.5) is 0 Å². The standard InChI is InChI=1S/C16H22ClN3S/c1-3-18-14(9-13-10-19-20(4-2)11-13)12-21-16-8-6-5-7-15(16)17/h5-8,10-11,14,18H,3-4,9,12H2,1-2H3. The number of rotatable bonds is 8. The van der Waals surface area contributed by atoms with E-state index in [2.05, 4.69) is 36.5 Å². The van der Waals surface area contributed by atoms with Gasteiger partial charge in [0.05, 0.1) is 11.2 Å². The highest BCUT2D eigenvalue weighted by atomic mass is 35.5. The van der Waals surface area contributed by atoms with Gasteiger partial charge in [-0.1, -0.05) is 30.7 Å². The van der Waals surface area contributed by atoms with E-state index in [4.69, 9.17) is 11.6 Å². The van der Waals surface area contributed by atoms with Crippen molar-refractivity contribution >= 4 is 23.4 Å². The summed E-state index contributed by atoms with van der Waals surface area (Å²) < 4.78 is 1.97. The summed E-state index contributed by atoms with van der Waals surface area (Å²) in [5, 5.41) is 8.72. The zero-order chi connectivity index (χ0) is 15.1. The fourth-order valence-corrected chi connectivity index (χ4v) is 3.50. The van der Waals surface area contributed by atoms with Gasteiger partial charge in [-0.3, -0.25) is 4.68 Å². The number of hydrogen-bond acceptors (Lipinski definition) is 3. The number of aryl methyl sites for hydroxylation is 1. The summed E-state index contributed by atoms with van der Waals surface area (Å²) in [7, 11) is 0. The van der Waals surface area contributed by atoms with Crippen LogP contribution in [0.3, 0.4) is 0 Å². The Bertz CT molecular complexity index is 556. The molecule has 2 aromatic rings. The Morgan fingerprint density at radius 1 is 1.33 bits per heavy atom. The summed E-state index contributed by atoms with van der Waals surface area (Å²) in [4.78, 5) is 1.14. The Labute approximate surface area is 136 Å². The molecule has 0 aliphatic heterocycles. The zero-order valence-electron chi connectivity index (χ0n) is 12.6. The molecule has 1 aromatic heterocycles. The number of thioether (sulfide) groups is 1. The number of nitrogens with one attached hydrogen (secondary N) is 1. The predicted molar refractivity (Wildman–Crippen MR) is 91.2 cm³/mol. The van der Waals surface area contributed by atoms with E-state index in [1.54, 1.807) is 11.8 Å². The smallest absolute Gasteiger partial charge is 0.0541 e. The van der Waals surface area contributed by atoms with Gasteiger partial charge >= 0.3 is 0 Å². The highest BCUT2D eigenvalue weighted by molar-refractivity contribution is 7.99. The molecule has 5 heteroatoms. The SMILES string of the molecule is CCNC(CSc1ccccc1Cl)Cc1cnn(CC)c1. The zero-order valence-corrected chi connectivity index (χ0v) is 14.1. The van der Waals surface area contributed by atoms with E-state index in [9.17, 15) is 0 Å². The van der Waals surface area contributed by atoms with Crippen molar-refractivity contribution in [1.29, 1.82) is 0 Å².